The molecule has 0 bridgehead atoms. The highest BCUT2D eigenvalue weighted by molar-refractivity contribution is 6.30. The molecule has 0 aliphatic carbocycles. The van der Waals surface area contributed by atoms with Crippen LogP contribution in [0.4, 0.5) is 0 Å². The second kappa shape index (κ2) is 7.26. The highest BCUT2D eigenvalue weighted by atomic mass is 35.5. The van der Waals surface area contributed by atoms with Crippen LogP contribution in [0.3, 0.4) is 0 Å². The Bertz CT molecular complexity index is 652. The molecule has 0 aromatic heterocycles. The van der Waals surface area contributed by atoms with Crippen molar-refractivity contribution in [2.75, 3.05) is 0 Å². The largest absolute Gasteiger partial charge is 0.269 e. The van der Waals surface area contributed by atoms with Crippen molar-refractivity contribution in [3.05, 3.63) is 76.8 Å². The minimum Gasteiger partial charge on any atom is -0.268 e. The lowest BCUT2D eigenvalue weighted by atomic mass is 10.2. The minimum atomic E-state index is -0.422. The summed E-state index contributed by atoms with van der Waals surface area (Å²) < 4.78 is 0. The molecule has 0 saturated heterocycles. The molecule has 0 aliphatic rings. The lowest BCUT2D eigenvalue weighted by molar-refractivity contribution is -0.117. The van der Waals surface area contributed by atoms with Crippen LogP contribution in [0.15, 0.2) is 60.7 Å². The fraction of sp³-hybridized carbons (Fsp3) is 0. The highest BCUT2D eigenvalue weighted by Crippen LogP contribution is 2.10. The first kappa shape index (κ1) is 14.8. The van der Waals surface area contributed by atoms with Gasteiger partial charge in [0.2, 0.25) is 0 Å². The van der Waals surface area contributed by atoms with Crippen molar-refractivity contribution in [3.8, 4) is 0 Å². The molecule has 4 nitrogen and oxygen atoms in total. The predicted octanol–water partition coefficient (Wildman–Crippen LogP) is 2.81. The molecule has 21 heavy (non-hydrogen) atoms. The van der Waals surface area contributed by atoms with Crippen LogP contribution in [0.2, 0.25) is 5.02 Å². The molecule has 2 rings (SSSR count). The normalized spacial score (nSPS) is 10.3. The van der Waals surface area contributed by atoms with E-state index in [1.807, 2.05) is 6.07 Å². The maximum Gasteiger partial charge on any atom is 0.269 e. The van der Waals surface area contributed by atoms with Crippen molar-refractivity contribution in [2.24, 2.45) is 0 Å². The summed E-state index contributed by atoms with van der Waals surface area (Å²) in [5, 5.41) is 0.631. The second-order valence-electron chi connectivity index (χ2n) is 4.19. The van der Waals surface area contributed by atoms with Gasteiger partial charge in [0.1, 0.15) is 0 Å². The third-order valence-corrected chi connectivity index (χ3v) is 2.88. The summed E-state index contributed by atoms with van der Waals surface area (Å²) in [4.78, 5) is 23.3. The summed E-state index contributed by atoms with van der Waals surface area (Å²) in [5.41, 5.74) is 5.95. The van der Waals surface area contributed by atoms with Crippen LogP contribution in [0, 0.1) is 0 Å². The van der Waals surface area contributed by atoms with Gasteiger partial charge in [-0.3, -0.25) is 20.4 Å². The van der Waals surface area contributed by atoms with E-state index in [1.54, 1.807) is 54.6 Å². The van der Waals surface area contributed by atoms with Crippen LogP contribution in [0.25, 0.3) is 6.08 Å². The van der Waals surface area contributed by atoms with E-state index in [4.69, 9.17) is 11.6 Å². The molecule has 0 heterocycles. The SMILES string of the molecule is O=C(/C=C/c1ccc(Cl)cc1)NNC(=O)c1ccccc1. The summed E-state index contributed by atoms with van der Waals surface area (Å²) in [7, 11) is 0. The number of nitrogens with one attached hydrogen (secondary N) is 2. The van der Waals surface area contributed by atoms with Gasteiger partial charge in [0, 0.05) is 16.7 Å². The zero-order chi connectivity index (χ0) is 15.1. The quantitative estimate of drug-likeness (QED) is 0.676. The molecule has 0 radical (unpaired) electrons. The molecule has 2 aromatic rings. The number of amides is 2. The maximum atomic E-state index is 11.7. The van der Waals surface area contributed by atoms with E-state index in [9.17, 15) is 9.59 Å². The average Bonchev–Trinajstić information content (AvgIpc) is 2.53. The Morgan fingerprint density at radius 2 is 1.57 bits per heavy atom. The summed E-state index contributed by atoms with van der Waals surface area (Å²) in [6.45, 7) is 0. The van der Waals surface area contributed by atoms with Crippen LogP contribution in [-0.2, 0) is 4.79 Å². The van der Waals surface area contributed by atoms with Gasteiger partial charge >= 0.3 is 0 Å². The van der Waals surface area contributed by atoms with Crippen LogP contribution >= 0.6 is 11.6 Å². The maximum absolute atomic E-state index is 11.7. The Kier molecular flexibility index (Phi) is 5.12. The van der Waals surface area contributed by atoms with Crippen molar-refractivity contribution in [1.29, 1.82) is 0 Å². The van der Waals surface area contributed by atoms with Crippen LogP contribution in [-0.4, -0.2) is 11.8 Å². The van der Waals surface area contributed by atoms with Crippen molar-refractivity contribution >= 4 is 29.5 Å². The Balaban J connectivity index is 1.85. The number of hydrogen-bond acceptors (Lipinski definition) is 2. The smallest absolute Gasteiger partial charge is 0.268 e. The molecule has 106 valence electrons. The zero-order valence-corrected chi connectivity index (χ0v) is 11.8. The van der Waals surface area contributed by atoms with Crippen LogP contribution < -0.4 is 10.9 Å². The van der Waals surface area contributed by atoms with Crippen LogP contribution in [0.1, 0.15) is 15.9 Å². The van der Waals surface area contributed by atoms with E-state index in [0.717, 1.165) is 5.56 Å². The molecular weight excluding hydrogens is 288 g/mol. The molecule has 0 aliphatic heterocycles. The van der Waals surface area contributed by atoms with Gasteiger partial charge in [0.25, 0.3) is 11.8 Å². The predicted molar refractivity (Wildman–Crippen MR) is 82.5 cm³/mol. The van der Waals surface area contributed by atoms with Crippen molar-refractivity contribution in [1.82, 2.24) is 10.9 Å². The fourth-order valence-electron chi connectivity index (χ4n) is 1.57. The van der Waals surface area contributed by atoms with Gasteiger partial charge in [-0.2, -0.15) is 0 Å². The van der Waals surface area contributed by atoms with Gasteiger partial charge < -0.3 is 0 Å². The standard InChI is InChI=1S/C16H13ClN2O2/c17-14-9-6-12(7-10-14)8-11-15(20)18-19-16(21)13-4-2-1-3-5-13/h1-11H,(H,18,20)(H,19,21)/b11-8+. The number of hydrogen-bond donors (Lipinski definition) is 2. The first-order valence-corrected chi connectivity index (χ1v) is 6.62. The molecule has 2 aromatic carbocycles. The number of carbonyl (C=O) groups is 2. The fourth-order valence-corrected chi connectivity index (χ4v) is 1.69. The van der Waals surface area contributed by atoms with Crippen molar-refractivity contribution in [3.63, 3.8) is 0 Å². The Labute approximate surface area is 127 Å². The van der Waals surface area contributed by atoms with Gasteiger partial charge in [0.05, 0.1) is 0 Å². The third kappa shape index (κ3) is 4.78. The van der Waals surface area contributed by atoms with Crippen molar-refractivity contribution < 1.29 is 9.59 Å². The molecule has 2 N–H and O–H groups in total. The van der Waals surface area contributed by atoms with E-state index in [0.29, 0.717) is 10.6 Å². The molecule has 0 saturated carbocycles. The monoisotopic (exact) mass is 300 g/mol. The van der Waals surface area contributed by atoms with Gasteiger partial charge in [-0.05, 0) is 35.9 Å². The Morgan fingerprint density at radius 1 is 0.905 bits per heavy atom. The molecule has 5 heteroatoms. The van der Waals surface area contributed by atoms with E-state index in [1.165, 1.54) is 6.08 Å². The summed E-state index contributed by atoms with van der Waals surface area (Å²) in [6, 6.07) is 15.7. The Hall–Kier alpha value is -2.59. The molecular formula is C16H13ClN2O2. The summed E-state index contributed by atoms with van der Waals surface area (Å²) in [6.07, 6.45) is 2.95. The van der Waals surface area contributed by atoms with E-state index in [-0.39, 0.29) is 5.91 Å². The first-order chi connectivity index (χ1) is 10.1. The molecule has 2 amide bonds. The first-order valence-electron chi connectivity index (χ1n) is 6.24. The number of rotatable bonds is 3. The molecule has 0 spiro atoms. The Morgan fingerprint density at radius 3 is 2.24 bits per heavy atom. The van der Waals surface area contributed by atoms with Crippen molar-refractivity contribution in [2.45, 2.75) is 0 Å². The number of carbonyl (C=O) groups excluding carboxylic acids is 2. The van der Waals surface area contributed by atoms with Gasteiger partial charge in [-0.15, -0.1) is 0 Å². The van der Waals surface area contributed by atoms with Gasteiger partial charge in [-0.25, -0.2) is 0 Å². The minimum absolute atomic E-state index is 0.371. The summed E-state index contributed by atoms with van der Waals surface area (Å²) in [5.74, 6) is -0.793. The third-order valence-electron chi connectivity index (χ3n) is 2.63. The number of hydrazine groups is 1. The zero-order valence-electron chi connectivity index (χ0n) is 11.0. The molecule has 0 unspecified atom stereocenters. The lowest BCUT2D eigenvalue weighted by Gasteiger charge is -2.04. The molecule has 0 atom stereocenters. The number of benzene rings is 2. The van der Waals surface area contributed by atoms with E-state index < -0.39 is 5.91 Å². The lowest BCUT2D eigenvalue weighted by Crippen LogP contribution is -2.40. The van der Waals surface area contributed by atoms with Gasteiger partial charge in [-0.1, -0.05) is 41.9 Å². The van der Waals surface area contributed by atoms with Crippen LogP contribution in [0.5, 0.6) is 0 Å². The van der Waals surface area contributed by atoms with E-state index >= 15 is 0 Å². The highest BCUT2D eigenvalue weighted by Gasteiger charge is 2.04. The second-order valence-corrected chi connectivity index (χ2v) is 4.63. The van der Waals surface area contributed by atoms with E-state index in [2.05, 4.69) is 10.9 Å². The number of halogens is 1. The van der Waals surface area contributed by atoms with Gasteiger partial charge in [0.15, 0.2) is 0 Å². The summed E-state index contributed by atoms with van der Waals surface area (Å²) >= 11 is 5.77. The topological polar surface area (TPSA) is 58.2 Å². The average molecular weight is 301 g/mol. The molecule has 0 fully saturated rings.